The van der Waals surface area contributed by atoms with Crippen LogP contribution in [-0.4, -0.2) is 5.11 Å². The molecule has 1 N–H and O–H groups in total. The summed E-state index contributed by atoms with van der Waals surface area (Å²) in [7, 11) is 0.409. The van der Waals surface area contributed by atoms with Crippen LogP contribution in [0.25, 0.3) is 0 Å². The third-order valence-electron chi connectivity index (χ3n) is 4.99. The molecular weight excluding hydrogens is 373 g/mol. The zero-order chi connectivity index (χ0) is 20.1. The first-order valence-corrected chi connectivity index (χ1v) is 10.7. The quantitative estimate of drug-likeness (QED) is 0.424. The lowest BCUT2D eigenvalue weighted by Crippen LogP contribution is -2.21. The summed E-state index contributed by atoms with van der Waals surface area (Å²) in [6, 6.07) is 35.5. The summed E-state index contributed by atoms with van der Waals surface area (Å²) in [5.74, 6) is 0.406. The van der Waals surface area contributed by atoms with Crippen molar-refractivity contribution in [2.45, 2.75) is 13.5 Å². The van der Waals surface area contributed by atoms with Gasteiger partial charge < -0.3 is 10.0 Å². The molecule has 0 heterocycles. The Morgan fingerprint density at radius 1 is 0.655 bits per heavy atom. The maximum Gasteiger partial charge on any atom is 0.126 e. The second-order valence-electron chi connectivity index (χ2n) is 7.01. The van der Waals surface area contributed by atoms with Gasteiger partial charge >= 0.3 is 0 Å². The van der Waals surface area contributed by atoms with Gasteiger partial charge in [-0.3, -0.25) is 0 Å². The van der Waals surface area contributed by atoms with Gasteiger partial charge in [-0.2, -0.15) is 0 Å². The highest BCUT2D eigenvalue weighted by molar-refractivity contribution is 7.55. The number of aryl methyl sites for hydroxylation is 1. The maximum atomic E-state index is 10.5. The van der Waals surface area contributed by atoms with Crippen molar-refractivity contribution in [3.8, 4) is 5.75 Å². The first-order valence-electron chi connectivity index (χ1n) is 9.73. The molecule has 144 valence electrons. The largest absolute Gasteiger partial charge is 0.507 e. The number of benzene rings is 4. The zero-order valence-corrected chi connectivity index (χ0v) is 17.4. The van der Waals surface area contributed by atoms with Gasteiger partial charge in [0.2, 0.25) is 0 Å². The highest BCUT2D eigenvalue weighted by Crippen LogP contribution is 2.29. The number of anilines is 2. The van der Waals surface area contributed by atoms with Crippen LogP contribution in [0.1, 0.15) is 11.1 Å². The number of nitrogens with zero attached hydrogens (tertiary/aromatic N) is 1. The number of para-hydroxylation sites is 3. The summed E-state index contributed by atoms with van der Waals surface area (Å²) in [6.45, 7) is 2.71. The lowest BCUT2D eigenvalue weighted by atomic mass is 10.1. The number of aromatic hydroxyl groups is 1. The molecular formula is C26H24NOP. The van der Waals surface area contributed by atoms with E-state index in [9.17, 15) is 5.11 Å². The molecule has 0 spiro atoms. The summed E-state index contributed by atoms with van der Waals surface area (Å²) in [5, 5.41) is 12.7. The Morgan fingerprint density at radius 3 is 1.86 bits per heavy atom. The van der Waals surface area contributed by atoms with Crippen molar-refractivity contribution in [2.75, 3.05) is 4.90 Å². The molecule has 4 aromatic carbocycles. The zero-order valence-electron chi connectivity index (χ0n) is 16.4. The van der Waals surface area contributed by atoms with Gasteiger partial charge in [0.25, 0.3) is 0 Å². The fourth-order valence-electron chi connectivity index (χ4n) is 3.40. The molecule has 4 rings (SSSR count). The summed E-state index contributed by atoms with van der Waals surface area (Å²) < 4.78 is 0. The van der Waals surface area contributed by atoms with Crippen molar-refractivity contribution in [3.05, 3.63) is 114 Å². The van der Waals surface area contributed by atoms with Gasteiger partial charge in [0.05, 0.1) is 0 Å². The number of rotatable bonds is 6. The lowest BCUT2D eigenvalue weighted by molar-refractivity contribution is 0.475. The Balaban J connectivity index is 1.70. The average Bonchev–Trinajstić information content (AvgIpc) is 2.77. The van der Waals surface area contributed by atoms with E-state index in [-0.39, 0.29) is 0 Å². The SMILES string of the molecule is Cc1cccc(Pc2ccccc2CN(c2ccccc2)c2ccccc2)c1O. The summed E-state index contributed by atoms with van der Waals surface area (Å²) in [5.41, 5.74) is 4.51. The summed E-state index contributed by atoms with van der Waals surface area (Å²) in [6.07, 6.45) is 0. The second-order valence-corrected chi connectivity index (χ2v) is 8.34. The minimum Gasteiger partial charge on any atom is -0.507 e. The van der Waals surface area contributed by atoms with Gasteiger partial charge in [0.15, 0.2) is 0 Å². The monoisotopic (exact) mass is 397 g/mol. The van der Waals surface area contributed by atoms with Gasteiger partial charge in [0.1, 0.15) is 5.75 Å². The van der Waals surface area contributed by atoms with Crippen LogP contribution in [0.3, 0.4) is 0 Å². The molecule has 0 amide bonds. The molecule has 2 nitrogen and oxygen atoms in total. The van der Waals surface area contributed by atoms with E-state index in [1.165, 1.54) is 10.9 Å². The molecule has 0 aliphatic rings. The Kier molecular flexibility index (Phi) is 5.93. The number of phenols is 1. The molecule has 4 aromatic rings. The fraction of sp³-hybridized carbons (Fsp3) is 0.0769. The van der Waals surface area contributed by atoms with E-state index in [0.29, 0.717) is 14.3 Å². The van der Waals surface area contributed by atoms with Crippen LogP contribution >= 0.6 is 8.58 Å². The van der Waals surface area contributed by atoms with Crippen molar-refractivity contribution < 1.29 is 5.11 Å². The van der Waals surface area contributed by atoms with Crippen molar-refractivity contribution in [2.24, 2.45) is 0 Å². The van der Waals surface area contributed by atoms with Crippen molar-refractivity contribution >= 4 is 30.6 Å². The van der Waals surface area contributed by atoms with Crippen molar-refractivity contribution in [1.29, 1.82) is 0 Å². The molecule has 0 aromatic heterocycles. The van der Waals surface area contributed by atoms with Gasteiger partial charge in [0, 0.05) is 23.2 Å². The standard InChI is InChI=1S/C26H24NOP/c1-20-11-10-18-25(26(20)28)29-24-17-9-8-12-21(24)19-27(22-13-4-2-5-14-22)23-15-6-3-7-16-23/h2-18,28-29H,19H2,1H3. The molecule has 0 saturated carbocycles. The van der Waals surface area contributed by atoms with Crippen molar-refractivity contribution in [3.63, 3.8) is 0 Å². The van der Waals surface area contributed by atoms with E-state index in [0.717, 1.165) is 28.8 Å². The van der Waals surface area contributed by atoms with Gasteiger partial charge in [-0.1, -0.05) is 87.4 Å². The van der Waals surface area contributed by atoms with Crippen LogP contribution in [-0.2, 0) is 6.54 Å². The average molecular weight is 397 g/mol. The van der Waals surface area contributed by atoms with Crippen LogP contribution in [0.15, 0.2) is 103 Å². The topological polar surface area (TPSA) is 23.5 Å². The molecule has 0 bridgehead atoms. The molecule has 1 unspecified atom stereocenters. The third kappa shape index (κ3) is 4.50. The van der Waals surface area contributed by atoms with E-state index in [2.05, 4.69) is 77.7 Å². The first-order chi connectivity index (χ1) is 14.2. The molecule has 1 atom stereocenters. The Labute approximate surface area is 174 Å². The minimum absolute atomic E-state index is 0.406. The normalized spacial score (nSPS) is 11.1. The molecule has 0 aliphatic heterocycles. The number of hydrogen-bond donors (Lipinski definition) is 1. The van der Waals surface area contributed by atoms with Gasteiger partial charge in [-0.15, -0.1) is 0 Å². The van der Waals surface area contributed by atoms with E-state index in [4.69, 9.17) is 0 Å². The van der Waals surface area contributed by atoms with E-state index in [1.807, 2.05) is 37.3 Å². The predicted molar refractivity (Wildman–Crippen MR) is 126 cm³/mol. The van der Waals surface area contributed by atoms with Crippen LogP contribution in [0.4, 0.5) is 11.4 Å². The molecule has 0 fully saturated rings. The van der Waals surface area contributed by atoms with E-state index >= 15 is 0 Å². The Morgan fingerprint density at radius 2 is 1.21 bits per heavy atom. The van der Waals surface area contributed by atoms with Crippen LogP contribution in [0.5, 0.6) is 5.75 Å². The highest BCUT2D eigenvalue weighted by Gasteiger charge is 2.13. The smallest absolute Gasteiger partial charge is 0.126 e. The fourth-order valence-corrected chi connectivity index (χ4v) is 4.69. The van der Waals surface area contributed by atoms with Crippen LogP contribution in [0, 0.1) is 6.92 Å². The summed E-state index contributed by atoms with van der Waals surface area (Å²) in [4.78, 5) is 2.33. The minimum atomic E-state index is 0.406. The lowest BCUT2D eigenvalue weighted by Gasteiger charge is -2.26. The maximum absolute atomic E-state index is 10.5. The van der Waals surface area contributed by atoms with E-state index in [1.54, 1.807) is 0 Å². The van der Waals surface area contributed by atoms with Crippen LogP contribution < -0.4 is 15.5 Å². The summed E-state index contributed by atoms with van der Waals surface area (Å²) >= 11 is 0. The molecule has 0 radical (unpaired) electrons. The third-order valence-corrected chi connectivity index (χ3v) is 6.42. The van der Waals surface area contributed by atoms with Crippen molar-refractivity contribution in [1.82, 2.24) is 0 Å². The van der Waals surface area contributed by atoms with E-state index < -0.39 is 0 Å². The first kappa shape index (κ1) is 19.2. The second kappa shape index (κ2) is 8.94. The van der Waals surface area contributed by atoms with Crippen LogP contribution in [0.2, 0.25) is 0 Å². The number of phenolic OH excluding ortho intramolecular Hbond substituents is 1. The molecule has 29 heavy (non-hydrogen) atoms. The Hall–Kier alpha value is -3.09. The van der Waals surface area contributed by atoms with Gasteiger partial charge in [-0.05, 0) is 47.6 Å². The van der Waals surface area contributed by atoms with Gasteiger partial charge in [-0.25, -0.2) is 0 Å². The molecule has 0 aliphatic carbocycles. The Bertz CT molecular complexity index is 1040. The highest BCUT2D eigenvalue weighted by atomic mass is 31.1. The predicted octanol–water partition coefficient (Wildman–Crippen LogP) is 5.67. The molecule has 3 heteroatoms. The molecule has 0 saturated heterocycles. The number of hydrogen-bond acceptors (Lipinski definition) is 2.